The highest BCUT2D eigenvalue weighted by Gasteiger charge is 2.08. The molecule has 0 heterocycles. The lowest BCUT2D eigenvalue weighted by Gasteiger charge is -2.05. The molecule has 0 fully saturated rings. The molecule has 140 valence electrons. The number of nitrogens with zero attached hydrogens (tertiary/aromatic N) is 1. The molecule has 0 aliphatic heterocycles. The van der Waals surface area contributed by atoms with Crippen LogP contribution in [0.4, 0.5) is 0 Å². The van der Waals surface area contributed by atoms with Crippen molar-refractivity contribution in [3.8, 4) is 5.75 Å². The minimum absolute atomic E-state index is 0.192. The molecule has 0 saturated heterocycles. The Morgan fingerprint density at radius 3 is 2.29 bits per heavy atom. The molecular formula is C22H17BrN2O3. The molecule has 0 saturated carbocycles. The van der Waals surface area contributed by atoms with Gasteiger partial charge in [0.2, 0.25) is 5.91 Å². The summed E-state index contributed by atoms with van der Waals surface area (Å²) in [6.45, 7) is 0. The van der Waals surface area contributed by atoms with Crippen molar-refractivity contribution in [3.63, 3.8) is 0 Å². The van der Waals surface area contributed by atoms with Crippen molar-refractivity contribution >= 4 is 34.0 Å². The van der Waals surface area contributed by atoms with Crippen molar-refractivity contribution in [2.45, 2.75) is 6.42 Å². The van der Waals surface area contributed by atoms with Crippen LogP contribution >= 0.6 is 15.9 Å². The third-order valence-corrected chi connectivity index (χ3v) is 4.31. The van der Waals surface area contributed by atoms with E-state index in [-0.39, 0.29) is 12.3 Å². The van der Waals surface area contributed by atoms with Crippen LogP contribution in [-0.4, -0.2) is 18.1 Å². The predicted molar refractivity (Wildman–Crippen MR) is 111 cm³/mol. The van der Waals surface area contributed by atoms with Gasteiger partial charge in [0.15, 0.2) is 0 Å². The predicted octanol–water partition coefficient (Wildman–Crippen LogP) is 4.36. The second-order valence-electron chi connectivity index (χ2n) is 5.92. The molecule has 0 aliphatic carbocycles. The molecule has 0 aromatic heterocycles. The summed E-state index contributed by atoms with van der Waals surface area (Å²) in [5.41, 5.74) is 4.65. The fourth-order valence-electron chi connectivity index (χ4n) is 2.37. The first-order valence-electron chi connectivity index (χ1n) is 8.54. The van der Waals surface area contributed by atoms with E-state index in [0.717, 1.165) is 15.6 Å². The smallest absolute Gasteiger partial charge is 0.343 e. The van der Waals surface area contributed by atoms with Gasteiger partial charge in [0.05, 0.1) is 18.2 Å². The van der Waals surface area contributed by atoms with Crippen molar-refractivity contribution in [2.24, 2.45) is 5.10 Å². The molecule has 0 unspecified atom stereocenters. The maximum Gasteiger partial charge on any atom is 0.343 e. The number of carbonyl (C=O) groups excluding carboxylic acids is 2. The van der Waals surface area contributed by atoms with Crippen LogP contribution < -0.4 is 10.2 Å². The van der Waals surface area contributed by atoms with Crippen LogP contribution in [0.15, 0.2) is 88.4 Å². The highest BCUT2D eigenvalue weighted by atomic mass is 79.9. The largest absolute Gasteiger partial charge is 0.423 e. The number of nitrogens with one attached hydrogen (secondary N) is 1. The summed E-state index contributed by atoms with van der Waals surface area (Å²) in [4.78, 5) is 23.9. The monoisotopic (exact) mass is 436 g/mol. The summed E-state index contributed by atoms with van der Waals surface area (Å²) >= 11 is 3.32. The Morgan fingerprint density at radius 1 is 0.929 bits per heavy atom. The number of halogens is 1. The molecule has 0 aliphatic rings. The van der Waals surface area contributed by atoms with Crippen molar-refractivity contribution in [1.29, 1.82) is 0 Å². The zero-order valence-corrected chi connectivity index (χ0v) is 16.4. The van der Waals surface area contributed by atoms with Crippen LogP contribution in [0.25, 0.3) is 0 Å². The summed E-state index contributed by atoms with van der Waals surface area (Å²) in [5, 5.41) is 3.95. The number of hydrogen-bond acceptors (Lipinski definition) is 4. The molecule has 1 amide bonds. The van der Waals surface area contributed by atoms with Crippen LogP contribution in [0.1, 0.15) is 21.5 Å². The van der Waals surface area contributed by atoms with Crippen LogP contribution in [0.5, 0.6) is 5.75 Å². The van der Waals surface area contributed by atoms with E-state index in [4.69, 9.17) is 4.74 Å². The van der Waals surface area contributed by atoms with Crippen LogP contribution in [0.2, 0.25) is 0 Å². The fraction of sp³-hybridized carbons (Fsp3) is 0.0455. The molecule has 0 bridgehead atoms. The Kier molecular flexibility index (Phi) is 6.70. The lowest BCUT2D eigenvalue weighted by Crippen LogP contribution is -2.19. The van der Waals surface area contributed by atoms with Crippen molar-refractivity contribution in [1.82, 2.24) is 5.43 Å². The Bertz CT molecular complexity index is 969. The molecule has 6 heteroatoms. The molecule has 3 rings (SSSR count). The van der Waals surface area contributed by atoms with Crippen LogP contribution in [-0.2, 0) is 11.2 Å². The molecule has 28 heavy (non-hydrogen) atoms. The molecular weight excluding hydrogens is 420 g/mol. The molecule has 0 atom stereocenters. The highest BCUT2D eigenvalue weighted by molar-refractivity contribution is 9.10. The summed E-state index contributed by atoms with van der Waals surface area (Å²) in [6, 6.07) is 23.2. The zero-order valence-electron chi connectivity index (χ0n) is 14.8. The molecule has 5 nitrogen and oxygen atoms in total. The Labute approximate surface area is 171 Å². The third-order valence-electron chi connectivity index (χ3n) is 3.78. The number of amides is 1. The van der Waals surface area contributed by atoms with Gasteiger partial charge < -0.3 is 4.74 Å². The average molecular weight is 437 g/mol. The fourth-order valence-corrected chi connectivity index (χ4v) is 2.64. The standard InChI is InChI=1S/C22H17BrN2O3/c23-19-10-8-18(9-11-19)22(27)28-20-12-6-17(7-13-20)15-24-25-21(26)14-16-4-2-1-3-5-16/h1-13,15H,14H2,(H,25,26)/b24-15-. The highest BCUT2D eigenvalue weighted by Crippen LogP contribution is 2.15. The number of carbonyl (C=O) groups is 2. The van der Waals surface area contributed by atoms with Gasteiger partial charge in [-0.1, -0.05) is 46.3 Å². The van der Waals surface area contributed by atoms with E-state index in [2.05, 4.69) is 26.5 Å². The lowest BCUT2D eigenvalue weighted by molar-refractivity contribution is -0.120. The number of esters is 1. The first-order chi connectivity index (χ1) is 13.6. The van der Waals surface area contributed by atoms with E-state index in [1.165, 1.54) is 6.21 Å². The molecule has 1 N–H and O–H groups in total. The van der Waals surface area contributed by atoms with E-state index in [0.29, 0.717) is 11.3 Å². The van der Waals surface area contributed by atoms with E-state index in [1.54, 1.807) is 48.5 Å². The zero-order chi connectivity index (χ0) is 19.8. The lowest BCUT2D eigenvalue weighted by atomic mass is 10.1. The summed E-state index contributed by atoms with van der Waals surface area (Å²) < 4.78 is 6.23. The second-order valence-corrected chi connectivity index (χ2v) is 6.84. The Balaban J connectivity index is 1.51. The van der Waals surface area contributed by atoms with Gasteiger partial charge in [-0.25, -0.2) is 10.2 Å². The Hall–Kier alpha value is -3.25. The number of hydrazone groups is 1. The van der Waals surface area contributed by atoms with Crippen LogP contribution in [0.3, 0.4) is 0 Å². The van der Waals surface area contributed by atoms with Gasteiger partial charge in [-0.05, 0) is 59.7 Å². The van der Waals surface area contributed by atoms with E-state index >= 15 is 0 Å². The SMILES string of the molecule is O=C(Cc1ccccc1)N/N=C\c1ccc(OC(=O)c2ccc(Br)cc2)cc1. The van der Waals surface area contributed by atoms with Crippen molar-refractivity contribution < 1.29 is 14.3 Å². The summed E-state index contributed by atoms with van der Waals surface area (Å²) in [7, 11) is 0. The molecule has 0 spiro atoms. The normalized spacial score (nSPS) is 10.6. The maximum atomic E-state index is 12.1. The summed E-state index contributed by atoms with van der Waals surface area (Å²) in [6.07, 6.45) is 1.80. The van der Waals surface area contributed by atoms with Gasteiger partial charge in [0.25, 0.3) is 0 Å². The van der Waals surface area contributed by atoms with E-state index in [1.807, 2.05) is 30.3 Å². The molecule has 3 aromatic carbocycles. The minimum Gasteiger partial charge on any atom is -0.423 e. The van der Waals surface area contributed by atoms with Gasteiger partial charge in [0.1, 0.15) is 5.75 Å². The number of benzene rings is 3. The first kappa shape index (κ1) is 19.5. The number of hydrogen-bond donors (Lipinski definition) is 1. The van der Waals surface area contributed by atoms with Gasteiger partial charge in [-0.2, -0.15) is 5.10 Å². The average Bonchev–Trinajstić information content (AvgIpc) is 2.70. The third kappa shape index (κ3) is 5.89. The van der Waals surface area contributed by atoms with Gasteiger partial charge in [0, 0.05) is 4.47 Å². The molecule has 0 radical (unpaired) electrons. The van der Waals surface area contributed by atoms with E-state index < -0.39 is 5.97 Å². The number of rotatable bonds is 6. The minimum atomic E-state index is -0.429. The first-order valence-corrected chi connectivity index (χ1v) is 9.33. The number of ether oxygens (including phenoxy) is 1. The second kappa shape index (κ2) is 9.62. The van der Waals surface area contributed by atoms with Gasteiger partial charge in [-0.3, -0.25) is 4.79 Å². The van der Waals surface area contributed by atoms with Crippen LogP contribution in [0, 0.1) is 0 Å². The molecule has 3 aromatic rings. The van der Waals surface area contributed by atoms with Crippen molar-refractivity contribution in [3.05, 3.63) is 100 Å². The van der Waals surface area contributed by atoms with Gasteiger partial charge in [-0.15, -0.1) is 0 Å². The van der Waals surface area contributed by atoms with Crippen molar-refractivity contribution in [2.75, 3.05) is 0 Å². The topological polar surface area (TPSA) is 67.8 Å². The Morgan fingerprint density at radius 2 is 1.61 bits per heavy atom. The van der Waals surface area contributed by atoms with E-state index in [9.17, 15) is 9.59 Å². The quantitative estimate of drug-likeness (QED) is 0.270. The maximum absolute atomic E-state index is 12.1. The summed E-state index contributed by atoms with van der Waals surface area (Å²) in [5.74, 6) is -0.192. The van der Waals surface area contributed by atoms with Gasteiger partial charge >= 0.3 is 5.97 Å².